The van der Waals surface area contributed by atoms with Crippen LogP contribution in [0, 0.1) is 0 Å². The Kier molecular flexibility index (Phi) is 3.94. The standard InChI is InChI=1S/C11H10F2/c12-11(13)9-5-4-8-10-6-2-1-3-7-10/h1-3,5-7H,4,8H2. The fourth-order valence-electron chi connectivity index (χ4n) is 1.03. The zero-order valence-corrected chi connectivity index (χ0v) is 7.13. The molecular weight excluding hydrogens is 170 g/mol. The van der Waals surface area contributed by atoms with Crippen molar-refractivity contribution in [2.75, 3.05) is 0 Å². The molecule has 0 bridgehead atoms. The van der Waals surface area contributed by atoms with Crippen LogP contribution in [0.4, 0.5) is 8.78 Å². The topological polar surface area (TPSA) is 0 Å². The van der Waals surface area contributed by atoms with Crippen LogP contribution in [0.5, 0.6) is 0 Å². The second kappa shape index (κ2) is 5.28. The normalized spacial score (nSPS) is 9.08. The Bertz CT molecular complexity index is 304. The van der Waals surface area contributed by atoms with Gasteiger partial charge in [0.1, 0.15) is 0 Å². The average Bonchev–Trinajstić information content (AvgIpc) is 2.14. The highest BCUT2D eigenvalue weighted by molar-refractivity contribution is 5.15. The van der Waals surface area contributed by atoms with Gasteiger partial charge in [-0.3, -0.25) is 0 Å². The summed E-state index contributed by atoms with van der Waals surface area (Å²) < 4.78 is 23.1. The summed E-state index contributed by atoms with van der Waals surface area (Å²) in [4.78, 5) is 0. The van der Waals surface area contributed by atoms with Gasteiger partial charge in [0, 0.05) is 0 Å². The molecule has 0 fully saturated rings. The lowest BCUT2D eigenvalue weighted by Gasteiger charge is -1.94. The summed E-state index contributed by atoms with van der Waals surface area (Å²) in [6.07, 6.45) is 0.984. The van der Waals surface area contributed by atoms with Crippen molar-refractivity contribution in [2.24, 2.45) is 0 Å². The number of aryl methyl sites for hydroxylation is 1. The Morgan fingerprint density at radius 2 is 1.92 bits per heavy atom. The van der Waals surface area contributed by atoms with Gasteiger partial charge in [-0.1, -0.05) is 36.1 Å². The summed E-state index contributed by atoms with van der Waals surface area (Å²) in [5.74, 6) is 0. The van der Waals surface area contributed by atoms with E-state index in [9.17, 15) is 8.78 Å². The van der Waals surface area contributed by atoms with E-state index in [-0.39, 0.29) is 0 Å². The van der Waals surface area contributed by atoms with Crippen molar-refractivity contribution < 1.29 is 8.78 Å². The van der Waals surface area contributed by atoms with Crippen molar-refractivity contribution >= 4 is 0 Å². The van der Waals surface area contributed by atoms with Gasteiger partial charge in [0.15, 0.2) is 0 Å². The number of hydrogen-bond acceptors (Lipinski definition) is 0. The predicted molar refractivity (Wildman–Crippen MR) is 48.6 cm³/mol. The molecule has 0 N–H and O–H groups in total. The fraction of sp³-hybridized carbons (Fsp3) is 0.182. The first kappa shape index (κ1) is 9.69. The first-order valence-electron chi connectivity index (χ1n) is 4.09. The van der Waals surface area contributed by atoms with Crippen molar-refractivity contribution in [3.63, 3.8) is 0 Å². The molecule has 0 saturated heterocycles. The van der Waals surface area contributed by atoms with Gasteiger partial charge < -0.3 is 0 Å². The molecule has 0 spiro atoms. The van der Waals surface area contributed by atoms with Gasteiger partial charge in [-0.15, -0.1) is 0 Å². The molecule has 0 heterocycles. The van der Waals surface area contributed by atoms with Crippen LogP contribution in [-0.2, 0) is 6.42 Å². The van der Waals surface area contributed by atoms with E-state index in [2.05, 4.69) is 0 Å². The minimum Gasteiger partial charge on any atom is -0.164 e. The smallest absolute Gasteiger partial charge is 0.164 e. The maximum absolute atomic E-state index is 11.5. The highest BCUT2D eigenvalue weighted by Crippen LogP contribution is 2.03. The molecule has 0 atom stereocenters. The van der Waals surface area contributed by atoms with Crippen molar-refractivity contribution in [3.05, 3.63) is 53.8 Å². The van der Waals surface area contributed by atoms with E-state index >= 15 is 0 Å². The van der Waals surface area contributed by atoms with Crippen molar-refractivity contribution in [1.82, 2.24) is 0 Å². The van der Waals surface area contributed by atoms with E-state index in [0.717, 1.165) is 12.0 Å². The summed E-state index contributed by atoms with van der Waals surface area (Å²) in [5, 5.41) is 0. The summed E-state index contributed by atoms with van der Waals surface area (Å²) >= 11 is 0. The molecule has 1 rings (SSSR count). The SMILES string of the molecule is FC(F)=C=CCCc1ccccc1. The Morgan fingerprint density at radius 3 is 2.54 bits per heavy atom. The molecule has 0 aliphatic heterocycles. The van der Waals surface area contributed by atoms with Crippen molar-refractivity contribution in [2.45, 2.75) is 12.8 Å². The molecule has 0 aliphatic carbocycles. The number of hydrogen-bond donors (Lipinski definition) is 0. The van der Waals surface area contributed by atoms with Crippen molar-refractivity contribution in [3.8, 4) is 0 Å². The number of allylic oxidation sites excluding steroid dienone is 1. The molecule has 0 aromatic heterocycles. The maximum atomic E-state index is 11.5. The van der Waals surface area contributed by atoms with Gasteiger partial charge in [0.05, 0.1) is 0 Å². The molecule has 0 aliphatic rings. The molecule has 1 aromatic carbocycles. The van der Waals surface area contributed by atoms with Crippen LogP contribution in [0.2, 0.25) is 0 Å². The largest absolute Gasteiger partial charge is 0.312 e. The Hall–Kier alpha value is -1.40. The van der Waals surface area contributed by atoms with Crippen LogP contribution < -0.4 is 0 Å². The molecule has 2 heteroatoms. The summed E-state index contributed by atoms with van der Waals surface area (Å²) in [6, 6.07) is 9.75. The van der Waals surface area contributed by atoms with E-state index in [4.69, 9.17) is 0 Å². The summed E-state index contributed by atoms with van der Waals surface area (Å²) in [7, 11) is 0. The third-order valence-electron chi connectivity index (χ3n) is 1.63. The molecule has 0 radical (unpaired) electrons. The average molecular weight is 180 g/mol. The van der Waals surface area contributed by atoms with Gasteiger partial charge in [-0.05, 0) is 24.5 Å². The van der Waals surface area contributed by atoms with Crippen LogP contribution >= 0.6 is 0 Å². The van der Waals surface area contributed by atoms with Gasteiger partial charge in [0.2, 0.25) is 0 Å². The van der Waals surface area contributed by atoms with Crippen molar-refractivity contribution in [1.29, 1.82) is 0 Å². The molecular formula is C11H10F2. The van der Waals surface area contributed by atoms with Crippen LogP contribution in [0.15, 0.2) is 48.2 Å². The monoisotopic (exact) mass is 180 g/mol. The summed E-state index contributed by atoms with van der Waals surface area (Å²) in [6.45, 7) is 0. The van der Waals surface area contributed by atoms with E-state index in [1.165, 1.54) is 6.08 Å². The van der Waals surface area contributed by atoms with E-state index in [1.54, 1.807) is 0 Å². The predicted octanol–water partition coefficient (Wildman–Crippen LogP) is 3.55. The molecule has 13 heavy (non-hydrogen) atoms. The number of halogens is 2. The molecule has 0 unspecified atom stereocenters. The number of rotatable bonds is 3. The minimum absolute atomic E-state index is 0.599. The summed E-state index contributed by atoms with van der Waals surface area (Å²) in [5.41, 5.74) is 3.03. The van der Waals surface area contributed by atoms with Crippen LogP contribution in [0.25, 0.3) is 0 Å². The van der Waals surface area contributed by atoms with Gasteiger partial charge >= 0.3 is 6.08 Å². The highest BCUT2D eigenvalue weighted by atomic mass is 19.3. The number of benzene rings is 1. The second-order valence-corrected chi connectivity index (χ2v) is 2.63. The molecule has 68 valence electrons. The van der Waals surface area contributed by atoms with E-state index < -0.39 is 6.08 Å². The van der Waals surface area contributed by atoms with Gasteiger partial charge in [-0.25, -0.2) is 0 Å². The Morgan fingerprint density at radius 1 is 1.23 bits per heavy atom. The molecule has 0 amide bonds. The zero-order valence-electron chi connectivity index (χ0n) is 7.13. The second-order valence-electron chi connectivity index (χ2n) is 2.63. The third-order valence-corrected chi connectivity index (χ3v) is 1.63. The van der Waals surface area contributed by atoms with Crippen LogP contribution in [0.3, 0.4) is 0 Å². The highest BCUT2D eigenvalue weighted by Gasteiger charge is 1.87. The van der Waals surface area contributed by atoms with Crippen LogP contribution in [0.1, 0.15) is 12.0 Å². The first-order valence-corrected chi connectivity index (χ1v) is 4.09. The van der Waals surface area contributed by atoms with E-state index in [0.29, 0.717) is 6.42 Å². The first-order chi connectivity index (χ1) is 6.29. The lowest BCUT2D eigenvalue weighted by Crippen LogP contribution is -1.80. The fourth-order valence-corrected chi connectivity index (χ4v) is 1.03. The quantitative estimate of drug-likeness (QED) is 0.624. The lowest BCUT2D eigenvalue weighted by molar-refractivity contribution is 0.423. The Labute approximate surface area is 76.2 Å². The van der Waals surface area contributed by atoms with E-state index in [1.807, 2.05) is 36.1 Å². The molecule has 0 saturated carbocycles. The van der Waals surface area contributed by atoms with Gasteiger partial charge in [0.25, 0.3) is 0 Å². The molecule has 1 aromatic rings. The Balaban J connectivity index is 2.41. The minimum atomic E-state index is -1.76. The third kappa shape index (κ3) is 4.24. The maximum Gasteiger partial charge on any atom is 0.312 e. The van der Waals surface area contributed by atoms with Gasteiger partial charge in [-0.2, -0.15) is 8.78 Å². The molecule has 0 nitrogen and oxygen atoms in total. The zero-order chi connectivity index (χ0) is 9.52. The van der Waals surface area contributed by atoms with Crippen LogP contribution in [-0.4, -0.2) is 0 Å². The lowest BCUT2D eigenvalue weighted by atomic mass is 10.1.